The summed E-state index contributed by atoms with van der Waals surface area (Å²) in [4.78, 5) is 5.19. The molecule has 100 valence electrons. The van der Waals surface area contributed by atoms with Gasteiger partial charge >= 0.3 is 0 Å². The van der Waals surface area contributed by atoms with Gasteiger partial charge in [0.15, 0.2) is 0 Å². The number of nitrogens with zero attached hydrogens (tertiary/aromatic N) is 2. The molecule has 2 heterocycles. The molecule has 0 amide bonds. The van der Waals surface area contributed by atoms with E-state index in [0.717, 1.165) is 6.04 Å². The number of piperidine rings is 1. The predicted octanol–water partition coefficient (Wildman–Crippen LogP) is 1.54. The van der Waals surface area contributed by atoms with Crippen molar-refractivity contribution in [2.24, 2.45) is 0 Å². The van der Waals surface area contributed by atoms with Crippen molar-refractivity contribution >= 4 is 0 Å². The summed E-state index contributed by atoms with van der Waals surface area (Å²) < 4.78 is 0. The average Bonchev–Trinajstić information content (AvgIpc) is 2.32. The molecule has 0 aromatic rings. The Morgan fingerprint density at radius 1 is 1.29 bits per heavy atom. The third kappa shape index (κ3) is 3.43. The summed E-state index contributed by atoms with van der Waals surface area (Å²) in [7, 11) is 2.27. The van der Waals surface area contributed by atoms with Gasteiger partial charge in [-0.2, -0.15) is 0 Å². The minimum Gasteiger partial charge on any atom is -0.310 e. The number of hydrogen-bond donors (Lipinski definition) is 1. The van der Waals surface area contributed by atoms with E-state index in [1.54, 1.807) is 0 Å². The Kier molecular flexibility index (Phi) is 4.45. The van der Waals surface area contributed by atoms with Crippen LogP contribution >= 0.6 is 0 Å². The fraction of sp³-hybridized carbons (Fsp3) is 1.00. The first-order valence-corrected chi connectivity index (χ1v) is 7.30. The monoisotopic (exact) mass is 239 g/mol. The molecule has 0 bridgehead atoms. The fourth-order valence-electron chi connectivity index (χ4n) is 3.34. The maximum atomic E-state index is 3.73. The van der Waals surface area contributed by atoms with E-state index in [1.807, 2.05) is 0 Å². The summed E-state index contributed by atoms with van der Waals surface area (Å²) in [6.45, 7) is 10.9. The molecule has 2 fully saturated rings. The zero-order valence-corrected chi connectivity index (χ0v) is 11.8. The molecule has 2 saturated heterocycles. The van der Waals surface area contributed by atoms with Crippen LogP contribution in [-0.4, -0.2) is 61.2 Å². The summed E-state index contributed by atoms with van der Waals surface area (Å²) >= 11 is 0. The van der Waals surface area contributed by atoms with Gasteiger partial charge in [0, 0.05) is 37.8 Å². The molecule has 0 spiro atoms. The molecule has 0 aromatic carbocycles. The van der Waals surface area contributed by atoms with E-state index < -0.39 is 0 Å². The Labute approximate surface area is 107 Å². The van der Waals surface area contributed by atoms with E-state index in [2.05, 4.69) is 36.0 Å². The van der Waals surface area contributed by atoms with E-state index in [0.29, 0.717) is 5.54 Å². The fourth-order valence-corrected chi connectivity index (χ4v) is 3.34. The molecule has 0 radical (unpaired) electrons. The van der Waals surface area contributed by atoms with Crippen molar-refractivity contribution in [2.75, 3.05) is 39.8 Å². The molecule has 2 aliphatic rings. The van der Waals surface area contributed by atoms with Gasteiger partial charge in [-0.3, -0.25) is 4.90 Å². The zero-order valence-electron chi connectivity index (χ0n) is 11.8. The van der Waals surface area contributed by atoms with Crippen molar-refractivity contribution in [1.82, 2.24) is 15.1 Å². The van der Waals surface area contributed by atoms with Crippen LogP contribution in [0.15, 0.2) is 0 Å². The minimum atomic E-state index is 0.368. The topological polar surface area (TPSA) is 18.5 Å². The Balaban J connectivity index is 1.86. The Hall–Kier alpha value is -0.120. The molecule has 2 aliphatic heterocycles. The van der Waals surface area contributed by atoms with E-state index in [-0.39, 0.29) is 0 Å². The highest BCUT2D eigenvalue weighted by Gasteiger charge is 2.31. The average molecular weight is 239 g/mol. The highest BCUT2D eigenvalue weighted by Crippen LogP contribution is 2.21. The van der Waals surface area contributed by atoms with Crippen LogP contribution in [0.2, 0.25) is 0 Å². The summed E-state index contributed by atoms with van der Waals surface area (Å²) in [5, 5.41) is 3.73. The highest BCUT2D eigenvalue weighted by atomic mass is 15.3. The molecular weight excluding hydrogens is 210 g/mol. The molecule has 2 atom stereocenters. The molecule has 1 N–H and O–H groups in total. The minimum absolute atomic E-state index is 0.368. The second-order valence-electron chi connectivity index (χ2n) is 6.22. The van der Waals surface area contributed by atoms with Gasteiger partial charge in [0.25, 0.3) is 0 Å². The van der Waals surface area contributed by atoms with E-state index in [4.69, 9.17) is 0 Å². The molecule has 3 heteroatoms. The second kappa shape index (κ2) is 5.68. The molecule has 3 nitrogen and oxygen atoms in total. The van der Waals surface area contributed by atoms with Crippen LogP contribution < -0.4 is 5.32 Å². The van der Waals surface area contributed by atoms with Crippen LogP contribution in [0.3, 0.4) is 0 Å². The van der Waals surface area contributed by atoms with Crippen LogP contribution in [0.5, 0.6) is 0 Å². The molecule has 2 unspecified atom stereocenters. The lowest BCUT2D eigenvalue weighted by Crippen LogP contribution is -2.59. The highest BCUT2D eigenvalue weighted by molar-refractivity contribution is 4.91. The zero-order chi connectivity index (χ0) is 12.3. The predicted molar refractivity (Wildman–Crippen MR) is 73.4 cm³/mol. The lowest BCUT2D eigenvalue weighted by Gasteiger charge is -2.44. The summed E-state index contributed by atoms with van der Waals surface area (Å²) in [5.74, 6) is 0. The van der Waals surface area contributed by atoms with Crippen LogP contribution in [0.1, 0.15) is 39.5 Å². The number of piperazine rings is 1. The molecule has 2 rings (SSSR count). The number of hydrogen-bond acceptors (Lipinski definition) is 3. The van der Waals surface area contributed by atoms with E-state index in [9.17, 15) is 0 Å². The lowest BCUT2D eigenvalue weighted by atomic mass is 9.90. The molecule has 0 aromatic heterocycles. The summed E-state index contributed by atoms with van der Waals surface area (Å²) in [6.07, 6.45) is 5.37. The smallest absolute Gasteiger partial charge is 0.0280 e. The van der Waals surface area contributed by atoms with Crippen LogP contribution in [-0.2, 0) is 0 Å². The van der Waals surface area contributed by atoms with Gasteiger partial charge in [-0.1, -0.05) is 13.3 Å². The van der Waals surface area contributed by atoms with Gasteiger partial charge in [0.05, 0.1) is 0 Å². The molecule has 17 heavy (non-hydrogen) atoms. The van der Waals surface area contributed by atoms with Crippen LogP contribution in [0, 0.1) is 0 Å². The van der Waals surface area contributed by atoms with Gasteiger partial charge in [-0.05, 0) is 39.8 Å². The number of rotatable bonds is 3. The van der Waals surface area contributed by atoms with Gasteiger partial charge in [0.1, 0.15) is 0 Å². The van der Waals surface area contributed by atoms with Gasteiger partial charge in [0.2, 0.25) is 0 Å². The van der Waals surface area contributed by atoms with E-state index >= 15 is 0 Å². The van der Waals surface area contributed by atoms with E-state index in [1.165, 1.54) is 58.4 Å². The van der Waals surface area contributed by atoms with Crippen LogP contribution in [0.4, 0.5) is 0 Å². The first kappa shape index (κ1) is 13.3. The Morgan fingerprint density at radius 3 is 2.76 bits per heavy atom. The SMILES string of the molecule is CCC1CN(CC2(C)CCCCN2)CCN1C. The standard InChI is InChI=1S/C14H29N3/c1-4-13-11-17(10-9-16(13)3)12-14(2)7-5-6-8-15-14/h13,15H,4-12H2,1-3H3. The quantitative estimate of drug-likeness (QED) is 0.806. The Bertz CT molecular complexity index is 236. The summed E-state index contributed by atoms with van der Waals surface area (Å²) in [5.41, 5.74) is 0.368. The van der Waals surface area contributed by atoms with Crippen molar-refractivity contribution in [3.8, 4) is 0 Å². The second-order valence-corrected chi connectivity index (χ2v) is 6.22. The van der Waals surface area contributed by atoms with Crippen LogP contribution in [0.25, 0.3) is 0 Å². The van der Waals surface area contributed by atoms with Crippen molar-refractivity contribution in [1.29, 1.82) is 0 Å². The molecule has 0 aliphatic carbocycles. The number of likely N-dealkylation sites (N-methyl/N-ethyl adjacent to an activating group) is 1. The maximum absolute atomic E-state index is 3.73. The van der Waals surface area contributed by atoms with Crippen molar-refractivity contribution in [3.05, 3.63) is 0 Å². The Morgan fingerprint density at radius 2 is 2.12 bits per heavy atom. The van der Waals surface area contributed by atoms with Crippen molar-refractivity contribution < 1.29 is 0 Å². The third-order valence-corrected chi connectivity index (χ3v) is 4.61. The van der Waals surface area contributed by atoms with Gasteiger partial charge < -0.3 is 10.2 Å². The van der Waals surface area contributed by atoms with Crippen molar-refractivity contribution in [2.45, 2.75) is 51.1 Å². The lowest BCUT2D eigenvalue weighted by molar-refractivity contribution is 0.0659. The molecular formula is C14H29N3. The first-order valence-electron chi connectivity index (χ1n) is 7.30. The van der Waals surface area contributed by atoms with Crippen molar-refractivity contribution in [3.63, 3.8) is 0 Å². The normalized spacial score (nSPS) is 37.2. The first-order chi connectivity index (χ1) is 8.13. The molecule has 0 saturated carbocycles. The largest absolute Gasteiger partial charge is 0.310 e. The number of nitrogens with one attached hydrogen (secondary N) is 1. The summed E-state index contributed by atoms with van der Waals surface area (Å²) in [6, 6.07) is 0.760. The van der Waals surface area contributed by atoms with Gasteiger partial charge in [-0.25, -0.2) is 0 Å². The third-order valence-electron chi connectivity index (χ3n) is 4.61. The maximum Gasteiger partial charge on any atom is 0.0280 e. The van der Waals surface area contributed by atoms with Gasteiger partial charge in [-0.15, -0.1) is 0 Å².